The highest BCUT2D eigenvalue weighted by molar-refractivity contribution is 6.27. The number of nitrogens with zero attached hydrogens (tertiary/aromatic N) is 2. The summed E-state index contributed by atoms with van der Waals surface area (Å²) in [5.41, 5.74) is 0.959. The Bertz CT molecular complexity index is 688. The van der Waals surface area contributed by atoms with Crippen molar-refractivity contribution in [2.45, 2.75) is 58.7 Å². The number of alkyl halides is 3. The summed E-state index contributed by atoms with van der Waals surface area (Å²) in [4.78, 5) is 3.40. The fraction of sp³-hybridized carbons (Fsp3) is 0.524. The van der Waals surface area contributed by atoms with E-state index in [1.807, 2.05) is 6.07 Å². The van der Waals surface area contributed by atoms with Gasteiger partial charge in [0.05, 0.1) is 18.6 Å². The van der Waals surface area contributed by atoms with Crippen molar-refractivity contribution >= 4 is 11.3 Å². The van der Waals surface area contributed by atoms with E-state index in [0.717, 1.165) is 19.2 Å². The van der Waals surface area contributed by atoms with Gasteiger partial charge in [0.15, 0.2) is 0 Å². The van der Waals surface area contributed by atoms with Crippen molar-refractivity contribution < 1.29 is 17.9 Å². The minimum Gasteiger partial charge on any atom is -0.379 e. The Morgan fingerprint density at radius 3 is 2.19 bits per heavy atom. The number of nitriles is 1. The van der Waals surface area contributed by atoms with Crippen LogP contribution in [0.5, 0.6) is 0 Å². The van der Waals surface area contributed by atoms with Crippen molar-refractivity contribution in [2.24, 2.45) is 4.99 Å². The Morgan fingerprint density at radius 2 is 1.85 bits per heavy atom. The van der Waals surface area contributed by atoms with Gasteiger partial charge in [0.2, 0.25) is 0 Å². The predicted molar refractivity (Wildman–Crippen MR) is 103 cm³/mol. The summed E-state index contributed by atoms with van der Waals surface area (Å²) in [5.74, 6) is 0. The van der Waals surface area contributed by atoms with Crippen LogP contribution in [0.25, 0.3) is 5.57 Å². The molecule has 0 aromatic heterocycles. The molecule has 1 saturated heterocycles. The van der Waals surface area contributed by atoms with E-state index in [4.69, 9.17) is 10.00 Å². The number of rotatable bonds is 3. The van der Waals surface area contributed by atoms with Crippen molar-refractivity contribution in [1.29, 1.82) is 5.26 Å². The molecule has 1 fully saturated rings. The molecular weight excluding hydrogens is 353 g/mol. The first-order valence-electron chi connectivity index (χ1n) is 9.00. The Morgan fingerprint density at radius 1 is 1.22 bits per heavy atom. The van der Waals surface area contributed by atoms with Gasteiger partial charge >= 0.3 is 6.18 Å². The van der Waals surface area contributed by atoms with E-state index in [2.05, 4.69) is 11.9 Å². The van der Waals surface area contributed by atoms with Gasteiger partial charge in [-0.1, -0.05) is 29.8 Å². The van der Waals surface area contributed by atoms with Crippen LogP contribution in [0.3, 0.4) is 0 Å². The highest BCUT2D eigenvalue weighted by Crippen LogP contribution is 2.30. The number of ether oxygens (including phenoxy) is 1. The van der Waals surface area contributed by atoms with Crippen LogP contribution < -0.4 is 0 Å². The molecule has 0 amide bonds. The highest BCUT2D eigenvalue weighted by Gasteiger charge is 2.38. The SMILES string of the molecule is CC1CCCCO1.CN=C(C(=C(C)C)c1ccc(CC#N)cc1)C(F)(F)F. The lowest BCUT2D eigenvalue weighted by atomic mass is 9.95. The van der Waals surface area contributed by atoms with Gasteiger partial charge < -0.3 is 4.74 Å². The summed E-state index contributed by atoms with van der Waals surface area (Å²) in [6, 6.07) is 8.49. The summed E-state index contributed by atoms with van der Waals surface area (Å²) < 4.78 is 44.3. The highest BCUT2D eigenvalue weighted by atomic mass is 19.4. The zero-order chi connectivity index (χ0) is 20.4. The zero-order valence-electron chi connectivity index (χ0n) is 16.4. The topological polar surface area (TPSA) is 45.4 Å². The third-order valence-corrected chi connectivity index (χ3v) is 4.16. The maximum absolute atomic E-state index is 13.0. The first-order valence-corrected chi connectivity index (χ1v) is 9.00. The molecular formula is C21H27F3N2O. The summed E-state index contributed by atoms with van der Waals surface area (Å²) in [6.07, 6.45) is 0.171. The van der Waals surface area contributed by atoms with Gasteiger partial charge in [-0.15, -0.1) is 0 Å². The number of allylic oxidation sites excluding steroid dienone is 2. The maximum Gasteiger partial charge on any atom is 0.433 e. The summed E-state index contributed by atoms with van der Waals surface area (Å²) in [5, 5.41) is 8.59. The van der Waals surface area contributed by atoms with E-state index in [1.54, 1.807) is 38.1 Å². The molecule has 27 heavy (non-hydrogen) atoms. The molecule has 1 aliphatic heterocycles. The summed E-state index contributed by atoms with van der Waals surface area (Å²) in [6.45, 7) is 6.37. The largest absolute Gasteiger partial charge is 0.433 e. The molecule has 0 N–H and O–H groups in total. The van der Waals surface area contributed by atoms with Crippen LogP contribution in [0, 0.1) is 11.3 Å². The Balaban J connectivity index is 0.000000433. The van der Waals surface area contributed by atoms with Crippen LogP contribution in [-0.2, 0) is 11.2 Å². The molecule has 6 heteroatoms. The van der Waals surface area contributed by atoms with Crippen molar-refractivity contribution in [3.05, 3.63) is 41.0 Å². The molecule has 1 aliphatic rings. The van der Waals surface area contributed by atoms with Crippen LogP contribution in [-0.4, -0.2) is 31.6 Å². The summed E-state index contributed by atoms with van der Waals surface area (Å²) >= 11 is 0. The molecule has 0 radical (unpaired) electrons. The minimum atomic E-state index is -4.49. The Labute approximate surface area is 159 Å². The third kappa shape index (κ3) is 7.56. The Kier molecular flexibility index (Phi) is 9.23. The van der Waals surface area contributed by atoms with Crippen molar-refractivity contribution in [3.63, 3.8) is 0 Å². The molecule has 2 rings (SSSR count). The monoisotopic (exact) mass is 380 g/mol. The molecule has 0 bridgehead atoms. The smallest absolute Gasteiger partial charge is 0.379 e. The van der Waals surface area contributed by atoms with Gasteiger partial charge in [-0.05, 0) is 51.2 Å². The standard InChI is InChI=1S/C15H15F3N2.C6H12O/c1-10(2)13(14(20-3)15(16,17)18)12-6-4-11(5-7-12)8-9-19;1-6-4-2-3-5-7-6/h4-7H,8H2,1-3H3;6H,2-5H2,1H3. The van der Waals surface area contributed by atoms with Crippen LogP contribution in [0.1, 0.15) is 51.2 Å². The lowest BCUT2D eigenvalue weighted by Crippen LogP contribution is -2.25. The average molecular weight is 380 g/mol. The second kappa shape index (κ2) is 10.9. The van der Waals surface area contributed by atoms with Gasteiger partial charge in [0, 0.05) is 19.2 Å². The molecule has 1 aromatic rings. The van der Waals surface area contributed by atoms with Gasteiger partial charge in [0.25, 0.3) is 0 Å². The third-order valence-electron chi connectivity index (χ3n) is 4.16. The number of hydrogen-bond acceptors (Lipinski definition) is 3. The molecule has 0 saturated carbocycles. The van der Waals surface area contributed by atoms with E-state index in [1.165, 1.54) is 19.3 Å². The molecule has 1 unspecified atom stereocenters. The van der Waals surface area contributed by atoms with E-state index in [9.17, 15) is 13.2 Å². The lowest BCUT2D eigenvalue weighted by molar-refractivity contribution is -0.0572. The molecule has 1 heterocycles. The maximum atomic E-state index is 13.0. The van der Waals surface area contributed by atoms with Gasteiger partial charge in [-0.3, -0.25) is 4.99 Å². The molecule has 0 aliphatic carbocycles. The van der Waals surface area contributed by atoms with E-state index < -0.39 is 11.9 Å². The number of hydrogen-bond donors (Lipinski definition) is 0. The fourth-order valence-corrected chi connectivity index (χ4v) is 2.82. The van der Waals surface area contributed by atoms with Gasteiger partial charge in [0.1, 0.15) is 5.71 Å². The molecule has 3 nitrogen and oxygen atoms in total. The van der Waals surface area contributed by atoms with E-state index in [0.29, 0.717) is 17.2 Å². The average Bonchev–Trinajstić information content (AvgIpc) is 2.60. The quantitative estimate of drug-likeness (QED) is 0.626. The number of aliphatic imine (C=N–C) groups is 1. The van der Waals surface area contributed by atoms with Crippen LogP contribution in [0.15, 0.2) is 34.8 Å². The predicted octanol–water partition coefficient (Wildman–Crippen LogP) is 5.75. The van der Waals surface area contributed by atoms with Crippen LogP contribution in [0.4, 0.5) is 13.2 Å². The first kappa shape index (κ1) is 22.9. The number of benzene rings is 1. The Hall–Kier alpha value is -2.13. The molecule has 1 atom stereocenters. The molecule has 148 valence electrons. The van der Waals surface area contributed by atoms with Crippen molar-refractivity contribution in [1.82, 2.24) is 0 Å². The minimum absolute atomic E-state index is 0.0866. The van der Waals surface area contributed by atoms with E-state index >= 15 is 0 Å². The second-order valence-electron chi connectivity index (χ2n) is 6.65. The van der Waals surface area contributed by atoms with Gasteiger partial charge in [-0.25, -0.2) is 0 Å². The van der Waals surface area contributed by atoms with E-state index in [-0.39, 0.29) is 12.0 Å². The van der Waals surface area contributed by atoms with Crippen molar-refractivity contribution in [3.8, 4) is 6.07 Å². The van der Waals surface area contributed by atoms with Crippen molar-refractivity contribution in [2.75, 3.05) is 13.7 Å². The lowest BCUT2D eigenvalue weighted by Gasteiger charge is -2.17. The zero-order valence-corrected chi connectivity index (χ0v) is 16.4. The van der Waals surface area contributed by atoms with Gasteiger partial charge in [-0.2, -0.15) is 18.4 Å². The molecule has 0 spiro atoms. The van der Waals surface area contributed by atoms with Crippen LogP contribution in [0.2, 0.25) is 0 Å². The van der Waals surface area contributed by atoms with Crippen LogP contribution >= 0.6 is 0 Å². The second-order valence-corrected chi connectivity index (χ2v) is 6.65. The normalized spacial score (nSPS) is 17.4. The first-order chi connectivity index (χ1) is 12.7. The molecule has 1 aromatic carbocycles. The number of halogens is 3. The fourth-order valence-electron chi connectivity index (χ4n) is 2.82. The summed E-state index contributed by atoms with van der Waals surface area (Å²) in [7, 11) is 1.13.